The molecular weight excluding hydrogens is 314 g/mol. The molecule has 0 bridgehead atoms. The van der Waals surface area contributed by atoms with Crippen molar-refractivity contribution in [1.29, 1.82) is 0 Å². The van der Waals surface area contributed by atoms with Crippen molar-refractivity contribution in [1.82, 2.24) is 0 Å². The quantitative estimate of drug-likeness (QED) is 0.863. The molecule has 0 spiro atoms. The molecule has 0 aliphatic heterocycles. The van der Waals surface area contributed by atoms with Crippen molar-refractivity contribution in [2.45, 2.75) is 6.61 Å². The Morgan fingerprint density at radius 1 is 1.14 bits per heavy atom. The Kier molecular flexibility index (Phi) is 5.46. The van der Waals surface area contributed by atoms with Gasteiger partial charge < -0.3 is 9.84 Å². The molecule has 108 valence electrons. The van der Waals surface area contributed by atoms with Crippen LogP contribution in [-0.4, -0.2) is 11.7 Å². The Bertz CT molecular complexity index is 705. The lowest BCUT2D eigenvalue weighted by Crippen LogP contribution is -1.99. The molecule has 1 N–H and O–H groups in total. The van der Waals surface area contributed by atoms with Gasteiger partial charge in [-0.15, -0.1) is 0 Å². The van der Waals surface area contributed by atoms with Gasteiger partial charge in [0, 0.05) is 16.1 Å². The summed E-state index contributed by atoms with van der Waals surface area (Å²) in [5, 5.41) is 9.64. The second-order valence-corrected chi connectivity index (χ2v) is 4.97. The molecule has 0 aliphatic rings. The maximum absolute atomic E-state index is 13.2. The second-order valence-electron chi connectivity index (χ2n) is 4.12. The van der Waals surface area contributed by atoms with E-state index < -0.39 is 5.82 Å². The predicted molar refractivity (Wildman–Crippen MR) is 81.2 cm³/mol. The minimum atomic E-state index is -0.398. The molecule has 2 aromatic rings. The number of hydrogen-bond donors (Lipinski definition) is 1. The summed E-state index contributed by atoms with van der Waals surface area (Å²) in [7, 11) is 0. The first-order chi connectivity index (χ1) is 10.1. The second kappa shape index (κ2) is 7.33. The molecule has 2 aromatic carbocycles. The van der Waals surface area contributed by atoms with Gasteiger partial charge in [-0.25, -0.2) is 4.39 Å². The monoisotopic (exact) mass is 324 g/mol. The third-order valence-electron chi connectivity index (χ3n) is 2.65. The normalized spacial score (nSPS) is 9.90. The van der Waals surface area contributed by atoms with Crippen LogP contribution in [0.4, 0.5) is 4.39 Å². The fourth-order valence-electron chi connectivity index (χ4n) is 1.67. The summed E-state index contributed by atoms with van der Waals surface area (Å²) in [6.07, 6.45) is 0. The Morgan fingerprint density at radius 2 is 1.95 bits per heavy atom. The fourth-order valence-corrected chi connectivity index (χ4v) is 2.14. The Labute approximate surface area is 132 Å². The van der Waals surface area contributed by atoms with Crippen LogP contribution in [0.1, 0.15) is 11.1 Å². The van der Waals surface area contributed by atoms with E-state index in [9.17, 15) is 4.39 Å². The van der Waals surface area contributed by atoms with Crippen molar-refractivity contribution < 1.29 is 14.2 Å². The van der Waals surface area contributed by atoms with Gasteiger partial charge in [-0.2, -0.15) is 0 Å². The van der Waals surface area contributed by atoms with Crippen molar-refractivity contribution >= 4 is 23.2 Å². The summed E-state index contributed by atoms with van der Waals surface area (Å²) >= 11 is 11.8. The summed E-state index contributed by atoms with van der Waals surface area (Å²) in [4.78, 5) is 0. The first-order valence-corrected chi connectivity index (χ1v) is 6.82. The summed E-state index contributed by atoms with van der Waals surface area (Å²) in [5.74, 6) is 5.26. The number of halogens is 3. The highest BCUT2D eigenvalue weighted by molar-refractivity contribution is 6.35. The summed E-state index contributed by atoms with van der Waals surface area (Å²) in [6.45, 7) is -0.114. The predicted octanol–water partition coefficient (Wildman–Crippen LogP) is 4.06. The van der Waals surface area contributed by atoms with Crippen molar-refractivity contribution in [2.24, 2.45) is 0 Å². The van der Waals surface area contributed by atoms with Crippen LogP contribution in [0, 0.1) is 17.7 Å². The molecule has 0 amide bonds. The lowest BCUT2D eigenvalue weighted by molar-refractivity contribution is 0.306. The number of hydrogen-bond acceptors (Lipinski definition) is 2. The maximum Gasteiger partial charge on any atom is 0.138 e. The molecule has 2 nitrogen and oxygen atoms in total. The Hall–Kier alpha value is -1.73. The molecular formula is C16H11Cl2FO2. The van der Waals surface area contributed by atoms with E-state index in [1.54, 1.807) is 24.3 Å². The maximum atomic E-state index is 13.2. The number of aliphatic hydroxyl groups is 1. The van der Waals surface area contributed by atoms with Crippen LogP contribution in [0.5, 0.6) is 5.75 Å². The van der Waals surface area contributed by atoms with E-state index in [1.165, 1.54) is 12.1 Å². The van der Waals surface area contributed by atoms with Gasteiger partial charge in [0.05, 0.1) is 5.02 Å². The lowest BCUT2D eigenvalue weighted by atomic mass is 10.1. The van der Waals surface area contributed by atoms with Gasteiger partial charge in [0.15, 0.2) is 0 Å². The smallest absolute Gasteiger partial charge is 0.138 e. The molecule has 5 heteroatoms. The van der Waals surface area contributed by atoms with Crippen molar-refractivity contribution in [2.75, 3.05) is 6.61 Å². The minimum absolute atomic E-state index is 0.178. The highest BCUT2D eigenvalue weighted by atomic mass is 35.5. The number of rotatable bonds is 3. The molecule has 0 unspecified atom stereocenters. The van der Waals surface area contributed by atoms with Crippen molar-refractivity contribution in [3.63, 3.8) is 0 Å². The third kappa shape index (κ3) is 4.37. The Morgan fingerprint density at radius 3 is 2.67 bits per heavy atom. The fraction of sp³-hybridized carbons (Fsp3) is 0.125. The highest BCUT2D eigenvalue weighted by Crippen LogP contribution is 2.28. The zero-order chi connectivity index (χ0) is 15.2. The molecule has 0 atom stereocenters. The molecule has 0 aliphatic carbocycles. The zero-order valence-electron chi connectivity index (χ0n) is 10.9. The zero-order valence-corrected chi connectivity index (χ0v) is 12.4. The third-order valence-corrected chi connectivity index (χ3v) is 3.18. The van der Waals surface area contributed by atoms with Crippen LogP contribution in [-0.2, 0) is 6.61 Å². The van der Waals surface area contributed by atoms with Crippen LogP contribution in [0.2, 0.25) is 10.0 Å². The summed E-state index contributed by atoms with van der Waals surface area (Å²) < 4.78 is 18.8. The van der Waals surface area contributed by atoms with Gasteiger partial charge >= 0.3 is 0 Å². The molecule has 0 radical (unpaired) electrons. The molecule has 0 saturated heterocycles. The van der Waals surface area contributed by atoms with Crippen LogP contribution in [0.3, 0.4) is 0 Å². The molecule has 0 saturated carbocycles. The van der Waals surface area contributed by atoms with Gasteiger partial charge in [0.1, 0.15) is 24.8 Å². The Balaban J connectivity index is 2.19. The van der Waals surface area contributed by atoms with Gasteiger partial charge in [0.25, 0.3) is 0 Å². The standard InChI is InChI=1S/C16H11Cl2FO2/c17-13-4-6-16(15(18)9-13)21-10-12-3-5-14(19)8-11(12)2-1-7-20/h3-6,8-9,20H,7,10H2. The largest absolute Gasteiger partial charge is 0.487 e. The number of benzene rings is 2. The van der Waals surface area contributed by atoms with E-state index in [4.69, 9.17) is 33.0 Å². The van der Waals surface area contributed by atoms with E-state index >= 15 is 0 Å². The van der Waals surface area contributed by atoms with Crippen LogP contribution < -0.4 is 4.74 Å². The molecule has 0 aromatic heterocycles. The van der Waals surface area contributed by atoms with Crippen molar-refractivity contribution in [3.05, 3.63) is 63.4 Å². The average molecular weight is 325 g/mol. The minimum Gasteiger partial charge on any atom is -0.487 e. The highest BCUT2D eigenvalue weighted by Gasteiger charge is 2.06. The van der Waals surface area contributed by atoms with E-state index in [2.05, 4.69) is 11.8 Å². The summed E-state index contributed by atoms with van der Waals surface area (Å²) in [6, 6.07) is 9.11. The molecule has 2 rings (SSSR count). The SMILES string of the molecule is OCC#Cc1cc(F)ccc1COc1ccc(Cl)cc1Cl. The summed E-state index contributed by atoms with van der Waals surface area (Å²) in [5.41, 5.74) is 1.16. The number of ether oxygens (including phenoxy) is 1. The average Bonchev–Trinajstić information content (AvgIpc) is 2.45. The van der Waals surface area contributed by atoms with E-state index in [1.807, 2.05) is 0 Å². The van der Waals surface area contributed by atoms with E-state index in [0.29, 0.717) is 26.9 Å². The van der Waals surface area contributed by atoms with Gasteiger partial charge in [-0.05, 0) is 30.3 Å². The molecule has 0 fully saturated rings. The lowest BCUT2D eigenvalue weighted by Gasteiger charge is -2.10. The van der Waals surface area contributed by atoms with Crippen LogP contribution in [0.25, 0.3) is 0 Å². The first-order valence-electron chi connectivity index (χ1n) is 6.06. The topological polar surface area (TPSA) is 29.5 Å². The van der Waals surface area contributed by atoms with E-state index in [0.717, 1.165) is 0 Å². The number of aliphatic hydroxyl groups excluding tert-OH is 1. The van der Waals surface area contributed by atoms with Gasteiger partial charge in [0.2, 0.25) is 0 Å². The first kappa shape index (κ1) is 15.7. The van der Waals surface area contributed by atoms with Crippen LogP contribution >= 0.6 is 23.2 Å². The molecule has 0 heterocycles. The molecule has 21 heavy (non-hydrogen) atoms. The van der Waals surface area contributed by atoms with Crippen LogP contribution in [0.15, 0.2) is 36.4 Å². The van der Waals surface area contributed by atoms with E-state index in [-0.39, 0.29) is 13.2 Å². The van der Waals surface area contributed by atoms with Gasteiger partial charge in [-0.3, -0.25) is 0 Å². The van der Waals surface area contributed by atoms with Gasteiger partial charge in [-0.1, -0.05) is 41.1 Å². The van der Waals surface area contributed by atoms with Crippen molar-refractivity contribution in [3.8, 4) is 17.6 Å².